The van der Waals surface area contributed by atoms with E-state index in [1.54, 1.807) is 0 Å². The van der Waals surface area contributed by atoms with Crippen molar-refractivity contribution in [2.24, 2.45) is 0 Å². The highest BCUT2D eigenvalue weighted by Crippen LogP contribution is 2.28. The fourth-order valence-corrected chi connectivity index (χ4v) is 1.11. The molecular formula is C7H5BClF3O3. The third-order valence-corrected chi connectivity index (χ3v) is 1.78. The summed E-state index contributed by atoms with van der Waals surface area (Å²) >= 11 is 5.43. The molecule has 0 unspecified atom stereocenters. The van der Waals surface area contributed by atoms with Gasteiger partial charge >= 0.3 is 13.5 Å². The van der Waals surface area contributed by atoms with Crippen LogP contribution in [0, 0.1) is 0 Å². The highest BCUT2D eigenvalue weighted by atomic mass is 35.5. The van der Waals surface area contributed by atoms with Crippen molar-refractivity contribution in [2.75, 3.05) is 0 Å². The van der Waals surface area contributed by atoms with Gasteiger partial charge in [-0.05, 0) is 17.6 Å². The van der Waals surface area contributed by atoms with E-state index in [1.165, 1.54) is 0 Å². The highest BCUT2D eigenvalue weighted by molar-refractivity contribution is 6.59. The average molecular weight is 240 g/mol. The van der Waals surface area contributed by atoms with Crippen LogP contribution >= 0.6 is 11.6 Å². The monoisotopic (exact) mass is 240 g/mol. The Morgan fingerprint density at radius 1 is 1.27 bits per heavy atom. The van der Waals surface area contributed by atoms with Gasteiger partial charge in [-0.15, -0.1) is 13.2 Å². The fraction of sp³-hybridized carbons (Fsp3) is 0.143. The van der Waals surface area contributed by atoms with Gasteiger partial charge in [-0.3, -0.25) is 0 Å². The molecule has 15 heavy (non-hydrogen) atoms. The predicted molar refractivity (Wildman–Crippen MR) is 48.0 cm³/mol. The van der Waals surface area contributed by atoms with Gasteiger partial charge < -0.3 is 14.8 Å². The molecule has 2 N–H and O–H groups in total. The summed E-state index contributed by atoms with van der Waals surface area (Å²) in [5, 5.41) is 17.1. The quantitative estimate of drug-likeness (QED) is 0.756. The summed E-state index contributed by atoms with van der Waals surface area (Å²) in [6.45, 7) is 0. The van der Waals surface area contributed by atoms with E-state index < -0.39 is 19.2 Å². The van der Waals surface area contributed by atoms with Crippen LogP contribution in [-0.4, -0.2) is 23.5 Å². The molecule has 0 spiro atoms. The van der Waals surface area contributed by atoms with E-state index in [-0.39, 0.29) is 10.5 Å². The van der Waals surface area contributed by atoms with Gasteiger partial charge in [0.2, 0.25) is 0 Å². The first-order valence-electron chi connectivity index (χ1n) is 3.71. The third-order valence-electron chi connectivity index (χ3n) is 1.48. The summed E-state index contributed by atoms with van der Waals surface area (Å²) in [4.78, 5) is 0. The Bertz CT molecular complexity index is 356. The first-order valence-corrected chi connectivity index (χ1v) is 4.09. The average Bonchev–Trinajstić information content (AvgIpc) is 2.05. The smallest absolute Gasteiger partial charge is 0.423 e. The maximum atomic E-state index is 11.8. The van der Waals surface area contributed by atoms with Crippen molar-refractivity contribution in [2.45, 2.75) is 6.36 Å². The zero-order valence-corrected chi connectivity index (χ0v) is 7.88. The lowest BCUT2D eigenvalue weighted by atomic mass is 9.80. The number of benzene rings is 1. The third kappa shape index (κ3) is 3.62. The number of hydrogen-bond donors (Lipinski definition) is 2. The van der Waals surface area contributed by atoms with E-state index in [1.807, 2.05) is 0 Å². The zero-order valence-electron chi connectivity index (χ0n) is 7.12. The van der Waals surface area contributed by atoms with Crippen LogP contribution in [-0.2, 0) is 0 Å². The van der Waals surface area contributed by atoms with Crippen molar-refractivity contribution in [3.05, 3.63) is 23.2 Å². The van der Waals surface area contributed by atoms with Crippen LogP contribution in [0.2, 0.25) is 5.02 Å². The lowest BCUT2D eigenvalue weighted by molar-refractivity contribution is -0.274. The lowest BCUT2D eigenvalue weighted by Gasteiger charge is -2.10. The van der Waals surface area contributed by atoms with Crippen molar-refractivity contribution in [3.8, 4) is 5.75 Å². The summed E-state index contributed by atoms with van der Waals surface area (Å²) in [6, 6.07) is 2.95. The van der Waals surface area contributed by atoms with Crippen LogP contribution < -0.4 is 10.2 Å². The molecule has 0 aromatic heterocycles. The molecular weight excluding hydrogens is 235 g/mol. The number of ether oxygens (including phenoxy) is 1. The molecule has 0 bridgehead atoms. The van der Waals surface area contributed by atoms with E-state index in [0.717, 1.165) is 18.2 Å². The first-order chi connectivity index (χ1) is 6.79. The Kier molecular flexibility index (Phi) is 3.48. The molecule has 0 amide bonds. The Balaban J connectivity index is 2.94. The van der Waals surface area contributed by atoms with Gasteiger partial charge in [-0.2, -0.15) is 0 Å². The molecule has 1 aromatic carbocycles. The minimum atomic E-state index is -4.83. The van der Waals surface area contributed by atoms with Crippen LogP contribution in [0.4, 0.5) is 13.2 Å². The summed E-state index contributed by atoms with van der Waals surface area (Å²) in [5.74, 6) is -0.589. The van der Waals surface area contributed by atoms with Crippen LogP contribution in [0.25, 0.3) is 0 Å². The zero-order chi connectivity index (χ0) is 11.6. The second-order valence-electron chi connectivity index (χ2n) is 2.61. The molecule has 0 saturated heterocycles. The lowest BCUT2D eigenvalue weighted by Crippen LogP contribution is -2.29. The maximum absolute atomic E-state index is 11.8. The van der Waals surface area contributed by atoms with Crippen molar-refractivity contribution in [1.82, 2.24) is 0 Å². The van der Waals surface area contributed by atoms with Crippen molar-refractivity contribution in [3.63, 3.8) is 0 Å². The van der Waals surface area contributed by atoms with Crippen molar-refractivity contribution < 1.29 is 28.0 Å². The number of alkyl halides is 3. The Labute approximate surface area is 88.2 Å². The second-order valence-corrected chi connectivity index (χ2v) is 3.02. The van der Waals surface area contributed by atoms with E-state index in [9.17, 15) is 13.2 Å². The highest BCUT2D eigenvalue weighted by Gasteiger charge is 2.32. The SMILES string of the molecule is OB(O)c1ccc(OC(F)(F)F)c(Cl)c1. The van der Waals surface area contributed by atoms with Crippen molar-refractivity contribution in [1.29, 1.82) is 0 Å². The number of rotatable bonds is 2. The molecule has 0 aliphatic rings. The largest absolute Gasteiger partial charge is 0.573 e. The van der Waals surface area contributed by atoms with E-state index in [0.29, 0.717) is 0 Å². The van der Waals surface area contributed by atoms with Gasteiger partial charge in [0.15, 0.2) is 0 Å². The van der Waals surface area contributed by atoms with Crippen LogP contribution in [0.5, 0.6) is 5.75 Å². The van der Waals surface area contributed by atoms with Crippen molar-refractivity contribution >= 4 is 24.2 Å². The maximum Gasteiger partial charge on any atom is 0.573 e. The Morgan fingerprint density at radius 3 is 2.27 bits per heavy atom. The Hall–Kier alpha value is -0.915. The summed E-state index contributed by atoms with van der Waals surface area (Å²) in [7, 11) is -1.79. The molecule has 0 aliphatic heterocycles. The molecule has 1 aromatic rings. The first kappa shape index (κ1) is 12.2. The van der Waals surface area contributed by atoms with Gasteiger partial charge in [-0.25, -0.2) is 0 Å². The van der Waals surface area contributed by atoms with E-state index in [2.05, 4.69) is 4.74 Å². The van der Waals surface area contributed by atoms with E-state index >= 15 is 0 Å². The molecule has 82 valence electrons. The number of hydrogen-bond acceptors (Lipinski definition) is 3. The summed E-state index contributed by atoms with van der Waals surface area (Å²) in [6.07, 6.45) is -4.83. The molecule has 0 aliphatic carbocycles. The van der Waals surface area contributed by atoms with Crippen LogP contribution in [0.15, 0.2) is 18.2 Å². The molecule has 0 radical (unpaired) electrons. The summed E-state index contributed by atoms with van der Waals surface area (Å²) < 4.78 is 39.0. The molecule has 8 heteroatoms. The second kappa shape index (κ2) is 4.30. The van der Waals surface area contributed by atoms with Crippen LogP contribution in [0.3, 0.4) is 0 Å². The van der Waals surface area contributed by atoms with Gasteiger partial charge in [0.25, 0.3) is 0 Å². The minimum absolute atomic E-state index is 0.0190. The fourth-order valence-electron chi connectivity index (χ4n) is 0.885. The topological polar surface area (TPSA) is 49.7 Å². The molecule has 1 rings (SSSR count). The predicted octanol–water partition coefficient (Wildman–Crippen LogP) is 0.918. The molecule has 0 saturated carbocycles. The van der Waals surface area contributed by atoms with Gasteiger partial charge in [0.1, 0.15) is 5.75 Å². The molecule has 3 nitrogen and oxygen atoms in total. The molecule has 0 atom stereocenters. The van der Waals surface area contributed by atoms with Gasteiger partial charge in [0, 0.05) is 0 Å². The van der Waals surface area contributed by atoms with E-state index in [4.69, 9.17) is 21.6 Å². The minimum Gasteiger partial charge on any atom is -0.423 e. The molecule has 0 fully saturated rings. The standard InChI is InChI=1S/C7H5BClF3O3/c9-5-3-4(8(13)14)1-2-6(5)15-7(10,11)12/h1-3,13-14H. The van der Waals surface area contributed by atoms with Crippen LogP contribution in [0.1, 0.15) is 0 Å². The number of halogens is 4. The summed E-state index contributed by atoms with van der Waals surface area (Å²) in [5.41, 5.74) is -0.0190. The molecule has 0 heterocycles. The normalized spacial score (nSPS) is 11.3. The van der Waals surface area contributed by atoms with Gasteiger partial charge in [-0.1, -0.05) is 17.7 Å². The van der Waals surface area contributed by atoms with Gasteiger partial charge in [0.05, 0.1) is 5.02 Å². The Morgan fingerprint density at radius 2 is 1.87 bits per heavy atom.